The molecule has 8 nitrogen and oxygen atoms in total. The van der Waals surface area contributed by atoms with Gasteiger partial charge in [0.1, 0.15) is 5.69 Å². The predicted octanol–water partition coefficient (Wildman–Crippen LogP) is 2.94. The number of carbonyl (C=O) groups is 2. The largest absolute Gasteiger partial charge is 0.325 e. The van der Waals surface area contributed by atoms with Crippen LogP contribution in [0.2, 0.25) is 0 Å². The molecule has 2 amide bonds. The Morgan fingerprint density at radius 1 is 1.07 bits per heavy atom. The first kappa shape index (κ1) is 19.1. The number of hydrogen-bond donors (Lipinski definition) is 3. The highest BCUT2D eigenvalue weighted by Gasteiger charge is 2.11. The number of aromatic amines is 1. The summed E-state index contributed by atoms with van der Waals surface area (Å²) in [6.07, 6.45) is 1.64. The average molecular weight is 447 g/mol. The van der Waals surface area contributed by atoms with E-state index in [1.165, 1.54) is 11.8 Å². The molecule has 0 aliphatic heterocycles. The van der Waals surface area contributed by atoms with Gasteiger partial charge in [-0.2, -0.15) is 4.98 Å². The van der Waals surface area contributed by atoms with Crippen molar-refractivity contribution in [2.24, 2.45) is 0 Å². The van der Waals surface area contributed by atoms with Crippen molar-refractivity contribution in [2.45, 2.75) is 0 Å². The molecule has 3 rings (SSSR count). The van der Waals surface area contributed by atoms with Crippen molar-refractivity contribution in [3.8, 4) is 11.5 Å². The molecule has 0 bridgehead atoms. The van der Waals surface area contributed by atoms with Gasteiger partial charge in [-0.25, -0.2) is 0 Å². The molecule has 0 fully saturated rings. The maximum Gasteiger partial charge on any atom is 0.249 e. The van der Waals surface area contributed by atoms with E-state index in [0.717, 1.165) is 4.47 Å². The lowest BCUT2D eigenvalue weighted by Crippen LogP contribution is -2.19. The number of halogens is 1. The summed E-state index contributed by atoms with van der Waals surface area (Å²) in [5.41, 5.74) is 1.33. The van der Waals surface area contributed by atoms with Crippen molar-refractivity contribution < 1.29 is 9.59 Å². The Morgan fingerprint density at radius 2 is 1.89 bits per heavy atom. The molecule has 3 N–H and O–H groups in total. The van der Waals surface area contributed by atoms with E-state index in [0.29, 0.717) is 17.2 Å². The van der Waals surface area contributed by atoms with Crippen LogP contribution in [-0.2, 0) is 9.59 Å². The van der Waals surface area contributed by atoms with Gasteiger partial charge >= 0.3 is 0 Å². The van der Waals surface area contributed by atoms with Gasteiger partial charge in [-0.05, 0) is 30.3 Å². The van der Waals surface area contributed by atoms with Crippen molar-refractivity contribution in [3.05, 3.63) is 53.1 Å². The van der Waals surface area contributed by atoms with E-state index in [1.807, 2.05) is 18.2 Å². The standard InChI is InChI=1S/C17H15BrN6O2S/c18-11-4-3-5-12(8-11)20-14(25)9-27-10-15(26)21-17-22-16(23-24-17)13-6-1-2-7-19-13/h1-8H,9-10H2,(H,20,25)(H2,21,22,23,24,26). The third kappa shape index (κ3) is 5.90. The van der Waals surface area contributed by atoms with E-state index >= 15 is 0 Å². The Labute approximate surface area is 167 Å². The molecule has 2 heterocycles. The molecule has 0 unspecified atom stereocenters. The SMILES string of the molecule is O=C(CSCC(=O)Nc1n[nH]c(-c2ccccn2)n1)Nc1cccc(Br)c1. The molecule has 0 aliphatic carbocycles. The Morgan fingerprint density at radius 3 is 2.63 bits per heavy atom. The van der Waals surface area contributed by atoms with Gasteiger partial charge in [0.15, 0.2) is 5.82 Å². The molecule has 0 saturated carbocycles. The van der Waals surface area contributed by atoms with Crippen LogP contribution in [0.5, 0.6) is 0 Å². The van der Waals surface area contributed by atoms with Crippen molar-refractivity contribution in [2.75, 3.05) is 22.1 Å². The van der Waals surface area contributed by atoms with Gasteiger partial charge in [0.05, 0.1) is 11.5 Å². The monoisotopic (exact) mass is 446 g/mol. The molecule has 0 saturated heterocycles. The summed E-state index contributed by atoms with van der Waals surface area (Å²) < 4.78 is 0.879. The number of nitrogens with one attached hydrogen (secondary N) is 3. The molecular formula is C17H15BrN6O2S. The number of aromatic nitrogens is 4. The van der Waals surface area contributed by atoms with Gasteiger partial charge in [-0.3, -0.25) is 25.0 Å². The van der Waals surface area contributed by atoms with E-state index in [1.54, 1.807) is 30.5 Å². The number of thioether (sulfide) groups is 1. The lowest BCUT2D eigenvalue weighted by Gasteiger charge is -2.05. The minimum atomic E-state index is -0.290. The van der Waals surface area contributed by atoms with Crippen LogP contribution in [0.3, 0.4) is 0 Å². The molecule has 3 aromatic rings. The summed E-state index contributed by atoms with van der Waals surface area (Å²) in [5.74, 6) is 0.432. The van der Waals surface area contributed by atoms with Crippen LogP contribution in [-0.4, -0.2) is 43.5 Å². The third-order valence-electron chi connectivity index (χ3n) is 3.22. The Balaban J connectivity index is 1.42. The number of anilines is 2. The molecule has 138 valence electrons. The minimum Gasteiger partial charge on any atom is -0.325 e. The summed E-state index contributed by atoms with van der Waals surface area (Å²) in [5, 5.41) is 12.0. The summed E-state index contributed by atoms with van der Waals surface area (Å²) in [6, 6.07) is 12.7. The first-order chi connectivity index (χ1) is 13.1. The summed E-state index contributed by atoms with van der Waals surface area (Å²) in [6.45, 7) is 0. The Kier molecular flexibility index (Phi) is 6.55. The van der Waals surface area contributed by atoms with Gasteiger partial charge in [-0.15, -0.1) is 16.9 Å². The number of hydrogen-bond acceptors (Lipinski definition) is 6. The zero-order chi connectivity index (χ0) is 19.1. The summed E-state index contributed by atoms with van der Waals surface area (Å²) in [4.78, 5) is 32.2. The molecule has 0 spiro atoms. The minimum absolute atomic E-state index is 0.110. The first-order valence-corrected chi connectivity index (χ1v) is 9.82. The van der Waals surface area contributed by atoms with E-state index in [-0.39, 0.29) is 29.3 Å². The Hall–Kier alpha value is -2.72. The Bertz CT molecular complexity index is 934. The highest BCUT2D eigenvalue weighted by Crippen LogP contribution is 2.16. The van der Waals surface area contributed by atoms with Crippen molar-refractivity contribution >= 4 is 51.1 Å². The lowest BCUT2D eigenvalue weighted by molar-refractivity contribution is -0.114. The van der Waals surface area contributed by atoms with Crippen molar-refractivity contribution in [1.29, 1.82) is 0 Å². The first-order valence-electron chi connectivity index (χ1n) is 7.87. The van der Waals surface area contributed by atoms with E-state index < -0.39 is 0 Å². The number of rotatable bonds is 7. The molecule has 27 heavy (non-hydrogen) atoms. The second-order valence-corrected chi connectivity index (χ2v) is 7.22. The topological polar surface area (TPSA) is 113 Å². The smallest absolute Gasteiger partial charge is 0.249 e. The lowest BCUT2D eigenvalue weighted by atomic mass is 10.3. The summed E-state index contributed by atoms with van der Waals surface area (Å²) in [7, 11) is 0. The second-order valence-electron chi connectivity index (χ2n) is 5.32. The number of amides is 2. The third-order valence-corrected chi connectivity index (χ3v) is 4.64. The van der Waals surface area contributed by atoms with Crippen LogP contribution >= 0.6 is 27.7 Å². The zero-order valence-corrected chi connectivity index (χ0v) is 16.4. The highest BCUT2D eigenvalue weighted by atomic mass is 79.9. The van der Waals surface area contributed by atoms with E-state index in [9.17, 15) is 9.59 Å². The second kappa shape index (κ2) is 9.28. The van der Waals surface area contributed by atoms with Crippen LogP contribution in [0.1, 0.15) is 0 Å². The van der Waals surface area contributed by atoms with Crippen LogP contribution in [0, 0.1) is 0 Å². The van der Waals surface area contributed by atoms with Gasteiger partial charge in [0.2, 0.25) is 17.8 Å². The fourth-order valence-electron chi connectivity index (χ4n) is 2.10. The quantitative estimate of drug-likeness (QED) is 0.514. The number of nitrogens with zero attached hydrogens (tertiary/aromatic N) is 3. The van der Waals surface area contributed by atoms with Crippen LogP contribution in [0.4, 0.5) is 11.6 Å². The fraction of sp³-hybridized carbons (Fsp3) is 0.118. The number of benzene rings is 1. The molecule has 0 radical (unpaired) electrons. The molecule has 1 aromatic carbocycles. The number of carbonyl (C=O) groups excluding carboxylic acids is 2. The van der Waals surface area contributed by atoms with Crippen LogP contribution < -0.4 is 10.6 Å². The van der Waals surface area contributed by atoms with Gasteiger partial charge in [-0.1, -0.05) is 28.1 Å². The maximum atomic E-state index is 12.0. The molecular weight excluding hydrogens is 432 g/mol. The maximum absolute atomic E-state index is 12.0. The molecule has 2 aromatic heterocycles. The van der Waals surface area contributed by atoms with Crippen LogP contribution in [0.25, 0.3) is 11.5 Å². The number of pyridine rings is 1. The normalized spacial score (nSPS) is 10.4. The van der Waals surface area contributed by atoms with Gasteiger partial charge in [0, 0.05) is 16.4 Å². The van der Waals surface area contributed by atoms with E-state index in [2.05, 4.69) is 46.7 Å². The fourth-order valence-corrected chi connectivity index (χ4v) is 3.11. The average Bonchev–Trinajstić information content (AvgIpc) is 3.11. The van der Waals surface area contributed by atoms with Crippen molar-refractivity contribution in [3.63, 3.8) is 0 Å². The molecule has 10 heteroatoms. The van der Waals surface area contributed by atoms with Crippen LogP contribution in [0.15, 0.2) is 53.1 Å². The molecule has 0 aliphatic rings. The molecule has 0 atom stereocenters. The highest BCUT2D eigenvalue weighted by molar-refractivity contribution is 9.10. The summed E-state index contributed by atoms with van der Waals surface area (Å²) >= 11 is 4.55. The predicted molar refractivity (Wildman–Crippen MR) is 108 cm³/mol. The zero-order valence-electron chi connectivity index (χ0n) is 14.0. The van der Waals surface area contributed by atoms with Crippen molar-refractivity contribution in [1.82, 2.24) is 20.2 Å². The van der Waals surface area contributed by atoms with Gasteiger partial charge in [0.25, 0.3) is 0 Å². The van der Waals surface area contributed by atoms with Gasteiger partial charge < -0.3 is 5.32 Å². The number of H-pyrrole nitrogens is 1. The van der Waals surface area contributed by atoms with E-state index in [4.69, 9.17) is 0 Å².